The first-order valence-corrected chi connectivity index (χ1v) is 6.49. The lowest BCUT2D eigenvalue weighted by atomic mass is 10.1. The van der Waals surface area contributed by atoms with Crippen LogP contribution in [0.1, 0.15) is 28.7 Å². The van der Waals surface area contributed by atoms with Crippen molar-refractivity contribution < 1.29 is 26.8 Å². The molecule has 0 aliphatic carbocycles. The summed E-state index contributed by atoms with van der Waals surface area (Å²) in [4.78, 5) is 4.79. The standard InChI is InChI=1S/C16H11F5NO/c17-15(18)12-6-3-4-11(8-12)9-22-23-10-13-5-1-2-7-14(13)16(19,20)21/h1-8,15H,10H2. The summed E-state index contributed by atoms with van der Waals surface area (Å²) in [5, 5.41) is 3.40. The Hall–Kier alpha value is -2.44. The Kier molecular flexibility index (Phi) is 5.31. The summed E-state index contributed by atoms with van der Waals surface area (Å²) in [7, 11) is 0. The summed E-state index contributed by atoms with van der Waals surface area (Å²) in [6.45, 7) is -0.406. The lowest BCUT2D eigenvalue weighted by Gasteiger charge is -2.11. The van der Waals surface area contributed by atoms with Crippen molar-refractivity contribution in [3.8, 4) is 0 Å². The second-order valence-corrected chi connectivity index (χ2v) is 4.56. The zero-order valence-electron chi connectivity index (χ0n) is 11.6. The van der Waals surface area contributed by atoms with E-state index in [9.17, 15) is 22.0 Å². The molecule has 0 unspecified atom stereocenters. The molecule has 0 heterocycles. The van der Waals surface area contributed by atoms with E-state index in [1.807, 2.05) is 0 Å². The Balaban J connectivity index is 2.02. The number of benzene rings is 2. The number of alkyl halides is 5. The molecule has 2 aromatic rings. The molecule has 0 atom stereocenters. The van der Waals surface area contributed by atoms with E-state index in [0.29, 0.717) is 0 Å². The summed E-state index contributed by atoms with van der Waals surface area (Å²) < 4.78 is 63.3. The van der Waals surface area contributed by atoms with E-state index >= 15 is 0 Å². The summed E-state index contributed by atoms with van der Waals surface area (Å²) >= 11 is 0. The number of rotatable bonds is 5. The van der Waals surface area contributed by atoms with Crippen LogP contribution < -0.4 is 0 Å². The molecule has 7 heteroatoms. The number of hydrogen-bond acceptors (Lipinski definition) is 2. The average Bonchev–Trinajstić information content (AvgIpc) is 2.51. The molecular weight excluding hydrogens is 317 g/mol. The van der Waals surface area contributed by atoms with E-state index in [1.54, 1.807) is 0 Å². The average molecular weight is 328 g/mol. The first-order chi connectivity index (χ1) is 10.9. The molecule has 23 heavy (non-hydrogen) atoms. The Labute approximate surface area is 129 Å². The van der Waals surface area contributed by atoms with Crippen molar-refractivity contribution in [2.24, 2.45) is 5.16 Å². The predicted octanol–water partition coefficient (Wildman–Crippen LogP) is 5.07. The molecule has 1 radical (unpaired) electrons. The molecule has 0 saturated carbocycles. The molecule has 0 aliphatic rings. The minimum absolute atomic E-state index is 0.0770. The molecule has 2 rings (SSSR count). The third-order valence-corrected chi connectivity index (χ3v) is 2.92. The number of hydrogen-bond donors (Lipinski definition) is 0. The van der Waals surface area contributed by atoms with Gasteiger partial charge in [0, 0.05) is 16.7 Å². The second-order valence-electron chi connectivity index (χ2n) is 4.56. The van der Waals surface area contributed by atoms with Crippen LogP contribution in [0.15, 0.2) is 53.7 Å². The minimum atomic E-state index is -4.49. The first-order valence-electron chi connectivity index (χ1n) is 6.49. The highest BCUT2D eigenvalue weighted by Crippen LogP contribution is 2.32. The molecule has 2 aromatic carbocycles. The summed E-state index contributed by atoms with van der Waals surface area (Å²) in [6.07, 6.45) is -4.76. The molecule has 0 amide bonds. The van der Waals surface area contributed by atoms with Crippen LogP contribution in [-0.2, 0) is 17.6 Å². The predicted molar refractivity (Wildman–Crippen MR) is 74.2 cm³/mol. The van der Waals surface area contributed by atoms with Crippen molar-refractivity contribution >= 4 is 6.21 Å². The smallest absolute Gasteiger partial charge is 0.390 e. The van der Waals surface area contributed by atoms with Crippen LogP contribution in [0.2, 0.25) is 0 Å². The van der Waals surface area contributed by atoms with Gasteiger partial charge in [0.1, 0.15) is 12.8 Å². The van der Waals surface area contributed by atoms with E-state index in [-0.39, 0.29) is 16.7 Å². The molecular formula is C16H11F5NO. The molecule has 2 nitrogen and oxygen atoms in total. The van der Waals surface area contributed by atoms with Crippen LogP contribution in [0.4, 0.5) is 22.0 Å². The van der Waals surface area contributed by atoms with Crippen molar-refractivity contribution in [3.63, 3.8) is 0 Å². The summed E-state index contributed by atoms with van der Waals surface area (Å²) in [6, 6.07) is 10.2. The zero-order valence-corrected chi connectivity index (χ0v) is 11.6. The second kappa shape index (κ2) is 7.21. The van der Waals surface area contributed by atoms with Crippen LogP contribution in [0.3, 0.4) is 0 Å². The third kappa shape index (κ3) is 4.77. The Bertz CT molecular complexity index is 682. The van der Waals surface area contributed by atoms with Gasteiger partial charge in [0.25, 0.3) is 6.43 Å². The van der Waals surface area contributed by atoms with Crippen LogP contribution >= 0.6 is 0 Å². The first kappa shape index (κ1) is 16.9. The van der Waals surface area contributed by atoms with Crippen LogP contribution in [0.25, 0.3) is 0 Å². The number of halogens is 5. The fraction of sp³-hybridized carbons (Fsp3) is 0.188. The van der Waals surface area contributed by atoms with E-state index < -0.39 is 24.8 Å². The van der Waals surface area contributed by atoms with Crippen molar-refractivity contribution in [2.45, 2.75) is 19.2 Å². The maximum Gasteiger partial charge on any atom is 0.416 e. The van der Waals surface area contributed by atoms with Gasteiger partial charge in [0.2, 0.25) is 0 Å². The lowest BCUT2D eigenvalue weighted by molar-refractivity contribution is -0.138. The quantitative estimate of drug-likeness (QED) is 0.426. The normalized spacial score (nSPS) is 12.1. The van der Waals surface area contributed by atoms with Gasteiger partial charge in [-0.05, 0) is 12.1 Å². The minimum Gasteiger partial charge on any atom is -0.390 e. The molecule has 0 N–H and O–H groups in total. The maximum atomic E-state index is 12.8. The highest BCUT2D eigenvalue weighted by atomic mass is 19.4. The van der Waals surface area contributed by atoms with E-state index in [2.05, 4.69) is 11.4 Å². The molecule has 0 saturated heterocycles. The Morgan fingerprint density at radius 2 is 1.78 bits per heavy atom. The van der Waals surface area contributed by atoms with Gasteiger partial charge in [-0.2, -0.15) is 13.2 Å². The van der Waals surface area contributed by atoms with Gasteiger partial charge in [-0.3, -0.25) is 0 Å². The fourth-order valence-electron chi connectivity index (χ4n) is 1.85. The highest BCUT2D eigenvalue weighted by Gasteiger charge is 2.32. The molecule has 0 aliphatic heterocycles. The van der Waals surface area contributed by atoms with E-state index in [0.717, 1.165) is 6.07 Å². The largest absolute Gasteiger partial charge is 0.416 e. The van der Waals surface area contributed by atoms with Gasteiger partial charge in [0.05, 0.1) is 5.56 Å². The Morgan fingerprint density at radius 3 is 2.48 bits per heavy atom. The van der Waals surface area contributed by atoms with Crippen LogP contribution in [0, 0.1) is 0 Å². The monoisotopic (exact) mass is 328 g/mol. The van der Waals surface area contributed by atoms with Gasteiger partial charge >= 0.3 is 6.18 Å². The van der Waals surface area contributed by atoms with Gasteiger partial charge in [-0.25, -0.2) is 8.78 Å². The van der Waals surface area contributed by atoms with Crippen LogP contribution in [-0.4, -0.2) is 6.21 Å². The highest BCUT2D eigenvalue weighted by molar-refractivity contribution is 5.79. The molecule has 121 valence electrons. The molecule has 0 fully saturated rings. The zero-order chi connectivity index (χ0) is 16.9. The van der Waals surface area contributed by atoms with Crippen molar-refractivity contribution in [1.82, 2.24) is 0 Å². The molecule has 0 aromatic heterocycles. The van der Waals surface area contributed by atoms with Gasteiger partial charge < -0.3 is 4.84 Å². The van der Waals surface area contributed by atoms with Crippen molar-refractivity contribution in [2.75, 3.05) is 0 Å². The SMILES string of the molecule is FC(F)c1cccc(/[C]=N\OCc2ccccc2C(F)(F)F)c1. The summed E-state index contributed by atoms with van der Waals surface area (Å²) in [5.41, 5.74) is -0.846. The molecule has 0 bridgehead atoms. The third-order valence-electron chi connectivity index (χ3n) is 2.92. The van der Waals surface area contributed by atoms with E-state index in [4.69, 9.17) is 4.84 Å². The lowest BCUT2D eigenvalue weighted by Crippen LogP contribution is -2.09. The van der Waals surface area contributed by atoms with Crippen molar-refractivity contribution in [1.29, 1.82) is 0 Å². The van der Waals surface area contributed by atoms with E-state index in [1.165, 1.54) is 42.5 Å². The Morgan fingerprint density at radius 1 is 1.04 bits per heavy atom. The maximum absolute atomic E-state index is 12.8. The topological polar surface area (TPSA) is 21.6 Å². The fourth-order valence-corrected chi connectivity index (χ4v) is 1.85. The van der Waals surface area contributed by atoms with Crippen LogP contribution in [0.5, 0.6) is 0 Å². The van der Waals surface area contributed by atoms with Gasteiger partial charge in [-0.1, -0.05) is 41.6 Å². The summed E-state index contributed by atoms with van der Waals surface area (Å²) in [5.74, 6) is 0. The van der Waals surface area contributed by atoms with Gasteiger partial charge in [-0.15, -0.1) is 0 Å². The number of nitrogens with zero attached hydrogens (tertiary/aromatic N) is 1. The van der Waals surface area contributed by atoms with Gasteiger partial charge in [0.15, 0.2) is 0 Å². The molecule has 0 spiro atoms. The van der Waals surface area contributed by atoms with Crippen molar-refractivity contribution in [3.05, 3.63) is 70.8 Å².